The van der Waals surface area contributed by atoms with Crippen LogP contribution in [0.25, 0.3) is 0 Å². The number of piperazine rings is 1. The maximum Gasteiger partial charge on any atom is 0.0738 e. The summed E-state index contributed by atoms with van der Waals surface area (Å²) in [6.45, 7) is 14.6. The Kier molecular flexibility index (Phi) is 6.13. The molecule has 2 aliphatic rings. The van der Waals surface area contributed by atoms with Crippen molar-refractivity contribution in [1.82, 2.24) is 9.80 Å². The number of hydrogen-bond donors (Lipinski definition) is 1. The van der Waals surface area contributed by atoms with Crippen molar-refractivity contribution in [3.63, 3.8) is 0 Å². The SMILES string of the molecule is CN1CCN(CC(c2cccc(Br)c2)C2(O)CC(C)(C)CC(C)(C)C2)CC1. The molecule has 0 amide bonds. The van der Waals surface area contributed by atoms with Crippen LogP contribution in [0.15, 0.2) is 28.7 Å². The average molecular weight is 437 g/mol. The van der Waals surface area contributed by atoms with Crippen LogP contribution in [0.1, 0.15) is 58.4 Å². The molecule has 0 bridgehead atoms. The second-order valence-corrected chi connectivity index (χ2v) is 11.6. The standard InChI is InChI=1S/C23H37BrN2O/c1-21(2)15-22(3,4)17-23(27,16-21)20(18-7-6-8-19(24)13-18)14-26-11-9-25(5)10-12-26/h6-8,13,20,27H,9-12,14-17H2,1-5H3. The summed E-state index contributed by atoms with van der Waals surface area (Å²) in [6.07, 6.45) is 2.91. The maximum absolute atomic E-state index is 12.1. The van der Waals surface area contributed by atoms with Gasteiger partial charge in [-0.3, -0.25) is 0 Å². The molecule has 0 aromatic heterocycles. The van der Waals surface area contributed by atoms with Crippen LogP contribution in [0.5, 0.6) is 0 Å². The molecule has 4 heteroatoms. The van der Waals surface area contributed by atoms with Gasteiger partial charge >= 0.3 is 0 Å². The number of halogens is 1. The van der Waals surface area contributed by atoms with Gasteiger partial charge in [0.1, 0.15) is 0 Å². The van der Waals surface area contributed by atoms with Crippen molar-refractivity contribution >= 4 is 15.9 Å². The summed E-state index contributed by atoms with van der Waals surface area (Å²) >= 11 is 3.65. The number of benzene rings is 1. The van der Waals surface area contributed by atoms with Gasteiger partial charge in [0.25, 0.3) is 0 Å². The van der Waals surface area contributed by atoms with E-state index in [9.17, 15) is 5.11 Å². The molecule has 1 heterocycles. The number of nitrogens with zero attached hydrogens (tertiary/aromatic N) is 2. The van der Waals surface area contributed by atoms with Crippen LogP contribution in [0.2, 0.25) is 0 Å². The molecule has 1 N–H and O–H groups in total. The fourth-order valence-electron chi connectivity index (χ4n) is 5.98. The Hall–Kier alpha value is -0.420. The van der Waals surface area contributed by atoms with Gasteiger partial charge in [0, 0.05) is 43.1 Å². The van der Waals surface area contributed by atoms with E-state index in [4.69, 9.17) is 0 Å². The Morgan fingerprint density at radius 2 is 1.59 bits per heavy atom. The highest BCUT2D eigenvalue weighted by Crippen LogP contribution is 2.54. The maximum atomic E-state index is 12.1. The summed E-state index contributed by atoms with van der Waals surface area (Å²) in [5.41, 5.74) is 0.903. The second kappa shape index (κ2) is 7.78. The van der Waals surface area contributed by atoms with E-state index in [1.165, 1.54) is 12.0 Å². The van der Waals surface area contributed by atoms with Gasteiger partial charge in [-0.05, 0) is 54.8 Å². The van der Waals surface area contributed by atoms with Crippen molar-refractivity contribution in [2.75, 3.05) is 39.8 Å². The largest absolute Gasteiger partial charge is 0.389 e. The molecular weight excluding hydrogens is 400 g/mol. The van der Waals surface area contributed by atoms with Gasteiger partial charge in [0.2, 0.25) is 0 Å². The summed E-state index contributed by atoms with van der Waals surface area (Å²) in [5, 5.41) is 12.1. The van der Waals surface area contributed by atoms with Crippen LogP contribution < -0.4 is 0 Å². The van der Waals surface area contributed by atoms with Crippen molar-refractivity contribution in [2.45, 2.75) is 58.5 Å². The lowest BCUT2D eigenvalue weighted by Gasteiger charge is -2.53. The molecule has 3 rings (SSSR count). The van der Waals surface area contributed by atoms with Gasteiger partial charge in [-0.2, -0.15) is 0 Å². The van der Waals surface area contributed by atoms with Crippen LogP contribution in [0.3, 0.4) is 0 Å². The number of aliphatic hydroxyl groups is 1. The predicted molar refractivity (Wildman–Crippen MR) is 117 cm³/mol. The predicted octanol–water partition coefficient (Wildman–Crippen LogP) is 4.75. The van der Waals surface area contributed by atoms with Crippen molar-refractivity contribution in [3.05, 3.63) is 34.3 Å². The zero-order valence-corrected chi connectivity index (χ0v) is 19.3. The normalized spacial score (nSPS) is 26.6. The molecule has 1 unspecified atom stereocenters. The van der Waals surface area contributed by atoms with E-state index in [1.807, 2.05) is 0 Å². The minimum absolute atomic E-state index is 0.136. The molecule has 152 valence electrons. The number of likely N-dealkylation sites (N-methyl/N-ethyl adjacent to an activating group) is 1. The molecule has 3 nitrogen and oxygen atoms in total. The quantitative estimate of drug-likeness (QED) is 0.737. The van der Waals surface area contributed by atoms with Gasteiger partial charge in [0.15, 0.2) is 0 Å². The summed E-state index contributed by atoms with van der Waals surface area (Å²) in [7, 11) is 2.20. The molecule has 27 heavy (non-hydrogen) atoms. The third kappa shape index (κ3) is 5.35. The van der Waals surface area contributed by atoms with Gasteiger partial charge in [-0.1, -0.05) is 55.8 Å². The van der Waals surface area contributed by atoms with Crippen molar-refractivity contribution in [3.8, 4) is 0 Å². The number of rotatable bonds is 4. The molecule has 1 aliphatic heterocycles. The minimum atomic E-state index is -0.671. The Bertz CT molecular complexity index is 634. The molecule has 1 atom stereocenters. The van der Waals surface area contributed by atoms with Gasteiger partial charge in [-0.15, -0.1) is 0 Å². The Morgan fingerprint density at radius 3 is 2.15 bits per heavy atom. The molecule has 2 fully saturated rings. The second-order valence-electron chi connectivity index (χ2n) is 10.7. The first-order valence-corrected chi connectivity index (χ1v) is 11.2. The lowest BCUT2D eigenvalue weighted by atomic mass is 9.56. The summed E-state index contributed by atoms with van der Waals surface area (Å²) in [4.78, 5) is 4.95. The van der Waals surface area contributed by atoms with Crippen LogP contribution in [-0.4, -0.2) is 60.3 Å². The van der Waals surface area contributed by atoms with Crippen molar-refractivity contribution in [2.24, 2.45) is 10.8 Å². The molecule has 0 spiro atoms. The van der Waals surface area contributed by atoms with Crippen molar-refractivity contribution < 1.29 is 5.11 Å². The Balaban J connectivity index is 1.93. The van der Waals surface area contributed by atoms with E-state index in [0.29, 0.717) is 0 Å². The zero-order valence-electron chi connectivity index (χ0n) is 17.8. The molecular formula is C23H37BrN2O. The van der Waals surface area contributed by atoms with Crippen LogP contribution in [0.4, 0.5) is 0 Å². The average Bonchev–Trinajstić information content (AvgIpc) is 2.50. The first kappa shape index (κ1) is 21.3. The first-order valence-electron chi connectivity index (χ1n) is 10.4. The Morgan fingerprint density at radius 1 is 1.00 bits per heavy atom. The highest BCUT2D eigenvalue weighted by Gasteiger charge is 2.50. The van der Waals surface area contributed by atoms with E-state index in [-0.39, 0.29) is 16.7 Å². The highest BCUT2D eigenvalue weighted by molar-refractivity contribution is 9.10. The highest BCUT2D eigenvalue weighted by atomic mass is 79.9. The fourth-order valence-corrected chi connectivity index (χ4v) is 6.40. The van der Waals surface area contributed by atoms with Crippen LogP contribution >= 0.6 is 15.9 Å². The summed E-state index contributed by atoms with van der Waals surface area (Å²) in [5.74, 6) is 0.136. The van der Waals surface area contributed by atoms with Crippen LogP contribution in [-0.2, 0) is 0 Å². The smallest absolute Gasteiger partial charge is 0.0738 e. The lowest BCUT2D eigenvalue weighted by molar-refractivity contribution is -0.108. The Labute approximate surface area is 174 Å². The molecule has 1 saturated heterocycles. The monoisotopic (exact) mass is 436 g/mol. The van der Waals surface area contributed by atoms with E-state index >= 15 is 0 Å². The van der Waals surface area contributed by atoms with E-state index in [1.54, 1.807) is 0 Å². The van der Waals surface area contributed by atoms with E-state index < -0.39 is 5.60 Å². The molecule has 1 aliphatic carbocycles. The lowest BCUT2D eigenvalue weighted by Crippen LogP contribution is -2.54. The topological polar surface area (TPSA) is 26.7 Å². The zero-order chi connectivity index (χ0) is 19.9. The van der Waals surface area contributed by atoms with Gasteiger partial charge < -0.3 is 14.9 Å². The number of hydrogen-bond acceptors (Lipinski definition) is 3. The van der Waals surface area contributed by atoms with Crippen LogP contribution in [0, 0.1) is 10.8 Å². The molecule has 0 radical (unpaired) electrons. The first-order chi connectivity index (χ1) is 12.5. The van der Waals surface area contributed by atoms with Gasteiger partial charge in [0.05, 0.1) is 5.60 Å². The third-order valence-corrected chi connectivity index (χ3v) is 6.96. The van der Waals surface area contributed by atoms with E-state index in [2.05, 4.69) is 84.7 Å². The summed E-state index contributed by atoms with van der Waals surface area (Å²) in [6, 6.07) is 8.61. The van der Waals surface area contributed by atoms with E-state index in [0.717, 1.165) is 50.0 Å². The molecule has 1 saturated carbocycles. The van der Waals surface area contributed by atoms with Crippen molar-refractivity contribution in [1.29, 1.82) is 0 Å². The minimum Gasteiger partial charge on any atom is -0.389 e. The van der Waals surface area contributed by atoms with Gasteiger partial charge in [-0.25, -0.2) is 0 Å². The summed E-state index contributed by atoms with van der Waals surface area (Å²) < 4.78 is 1.10. The molecule has 1 aromatic carbocycles. The molecule has 1 aromatic rings. The third-order valence-electron chi connectivity index (χ3n) is 6.46. The fraction of sp³-hybridized carbons (Fsp3) is 0.739.